The van der Waals surface area contributed by atoms with Crippen LogP contribution in [-0.2, 0) is 11.2 Å². The lowest BCUT2D eigenvalue weighted by molar-refractivity contribution is 0.0694. The fourth-order valence-electron chi connectivity index (χ4n) is 1.77. The molecule has 1 aromatic carbocycles. The molecule has 0 saturated heterocycles. The largest absolute Gasteiger partial charge is 0.381 e. The highest BCUT2D eigenvalue weighted by Gasteiger charge is 2.23. The van der Waals surface area contributed by atoms with Crippen LogP contribution in [0.3, 0.4) is 0 Å². The number of benzene rings is 1. The van der Waals surface area contributed by atoms with Gasteiger partial charge in [-0.05, 0) is 12.0 Å². The number of hydrogen-bond acceptors (Lipinski definition) is 2. The number of methoxy groups -OCH3 is 1. The summed E-state index contributed by atoms with van der Waals surface area (Å²) in [5, 5.41) is 0. The van der Waals surface area contributed by atoms with Crippen molar-refractivity contribution in [3.8, 4) is 0 Å². The molecule has 0 spiro atoms. The van der Waals surface area contributed by atoms with Crippen LogP contribution in [0.2, 0.25) is 0 Å². The van der Waals surface area contributed by atoms with Crippen LogP contribution < -0.4 is 0 Å². The molecule has 1 atom stereocenters. The fourth-order valence-corrected chi connectivity index (χ4v) is 1.77. The van der Waals surface area contributed by atoms with Gasteiger partial charge in [-0.3, -0.25) is 4.79 Å². The van der Waals surface area contributed by atoms with Crippen molar-refractivity contribution in [1.82, 2.24) is 0 Å². The third-order valence-electron chi connectivity index (χ3n) is 2.51. The maximum Gasteiger partial charge on any atom is 0.165 e. The number of rotatable bonds is 1. The Balaban J connectivity index is 2.37. The van der Waals surface area contributed by atoms with E-state index < -0.39 is 0 Å². The molecular weight excluding hydrogens is 164 g/mol. The monoisotopic (exact) mass is 176 g/mol. The molecule has 1 aliphatic carbocycles. The van der Waals surface area contributed by atoms with Crippen LogP contribution in [0.4, 0.5) is 0 Å². The molecule has 1 aliphatic rings. The Bertz CT molecular complexity index is 331. The normalized spacial score (nSPS) is 21.3. The average Bonchev–Trinajstić information content (AvgIpc) is 2.18. The smallest absolute Gasteiger partial charge is 0.165 e. The third kappa shape index (κ3) is 1.49. The predicted molar refractivity (Wildman–Crippen MR) is 49.9 cm³/mol. The van der Waals surface area contributed by atoms with Crippen molar-refractivity contribution < 1.29 is 9.53 Å². The van der Waals surface area contributed by atoms with Gasteiger partial charge in [0.05, 0.1) is 6.10 Å². The van der Waals surface area contributed by atoms with Crippen LogP contribution in [0.25, 0.3) is 0 Å². The van der Waals surface area contributed by atoms with Gasteiger partial charge >= 0.3 is 0 Å². The van der Waals surface area contributed by atoms with E-state index in [4.69, 9.17) is 4.74 Å². The van der Waals surface area contributed by atoms with Crippen LogP contribution in [0.1, 0.15) is 22.3 Å². The number of carbonyl (C=O) groups is 1. The number of hydrogen-bond donors (Lipinski definition) is 0. The first-order valence-corrected chi connectivity index (χ1v) is 4.45. The number of Topliss-reactive ketones (excluding diaryl/α,β-unsaturated/α-hetero) is 1. The fraction of sp³-hybridized carbons (Fsp3) is 0.364. The topological polar surface area (TPSA) is 26.3 Å². The molecule has 0 saturated carbocycles. The molecule has 2 nitrogen and oxygen atoms in total. The molecule has 13 heavy (non-hydrogen) atoms. The number of carbonyl (C=O) groups excluding carboxylic acids is 1. The summed E-state index contributed by atoms with van der Waals surface area (Å²) in [6, 6.07) is 7.76. The summed E-state index contributed by atoms with van der Waals surface area (Å²) in [5.41, 5.74) is 1.99. The van der Waals surface area contributed by atoms with Gasteiger partial charge in [0, 0.05) is 19.1 Å². The minimum atomic E-state index is 0.0717. The maximum absolute atomic E-state index is 11.6. The minimum Gasteiger partial charge on any atom is -0.381 e. The van der Waals surface area contributed by atoms with E-state index in [1.807, 2.05) is 24.3 Å². The van der Waals surface area contributed by atoms with Gasteiger partial charge in [-0.15, -0.1) is 0 Å². The highest BCUT2D eigenvalue weighted by atomic mass is 16.5. The Kier molecular flexibility index (Phi) is 2.15. The van der Waals surface area contributed by atoms with Crippen molar-refractivity contribution in [3.05, 3.63) is 35.4 Å². The molecule has 68 valence electrons. The lowest BCUT2D eigenvalue weighted by Crippen LogP contribution is -2.25. The van der Waals surface area contributed by atoms with Crippen LogP contribution in [0, 0.1) is 0 Å². The second-order valence-electron chi connectivity index (χ2n) is 3.35. The molecule has 0 aromatic heterocycles. The second-order valence-corrected chi connectivity index (χ2v) is 3.35. The van der Waals surface area contributed by atoms with Crippen LogP contribution in [0.15, 0.2) is 24.3 Å². The summed E-state index contributed by atoms with van der Waals surface area (Å²) < 4.78 is 5.20. The van der Waals surface area contributed by atoms with Crippen molar-refractivity contribution in [3.63, 3.8) is 0 Å². The molecule has 0 aliphatic heterocycles. The Morgan fingerprint density at radius 2 is 2.08 bits per heavy atom. The summed E-state index contributed by atoms with van der Waals surface area (Å²) in [6.45, 7) is 0. The predicted octanol–water partition coefficient (Wildman–Crippen LogP) is 1.83. The number of ketones is 1. The molecule has 2 rings (SSSR count). The Morgan fingerprint density at radius 3 is 2.85 bits per heavy atom. The molecule has 0 radical (unpaired) electrons. The van der Waals surface area contributed by atoms with Gasteiger partial charge in [0.2, 0.25) is 0 Å². The molecular formula is C11H12O2. The van der Waals surface area contributed by atoms with Crippen molar-refractivity contribution in [2.45, 2.75) is 18.9 Å². The van der Waals surface area contributed by atoms with E-state index in [1.165, 1.54) is 0 Å². The zero-order valence-corrected chi connectivity index (χ0v) is 7.62. The second kappa shape index (κ2) is 3.30. The van der Waals surface area contributed by atoms with Crippen molar-refractivity contribution in [2.75, 3.05) is 7.11 Å². The van der Waals surface area contributed by atoms with Crippen molar-refractivity contribution in [1.29, 1.82) is 0 Å². The zero-order valence-electron chi connectivity index (χ0n) is 7.62. The first-order chi connectivity index (χ1) is 6.31. The van der Waals surface area contributed by atoms with Gasteiger partial charge in [0.15, 0.2) is 5.78 Å². The number of fused-ring (bicyclic) bond motifs is 1. The molecule has 0 bridgehead atoms. The SMILES string of the molecule is COC1CC(=O)c2ccccc2C1. The molecule has 1 unspecified atom stereocenters. The van der Waals surface area contributed by atoms with Gasteiger partial charge in [0.25, 0.3) is 0 Å². The average molecular weight is 176 g/mol. The Labute approximate surface area is 77.5 Å². The Morgan fingerprint density at radius 1 is 1.31 bits per heavy atom. The van der Waals surface area contributed by atoms with E-state index in [0.29, 0.717) is 6.42 Å². The molecule has 1 aromatic rings. The lowest BCUT2D eigenvalue weighted by Gasteiger charge is -2.21. The van der Waals surface area contributed by atoms with E-state index in [0.717, 1.165) is 17.5 Å². The quantitative estimate of drug-likeness (QED) is 0.652. The summed E-state index contributed by atoms with van der Waals surface area (Å²) >= 11 is 0. The van der Waals surface area contributed by atoms with E-state index in [2.05, 4.69) is 0 Å². The van der Waals surface area contributed by atoms with E-state index in [-0.39, 0.29) is 11.9 Å². The standard InChI is InChI=1S/C11H12O2/c1-13-9-6-8-4-2-3-5-10(8)11(12)7-9/h2-5,9H,6-7H2,1H3. The first-order valence-electron chi connectivity index (χ1n) is 4.45. The molecule has 0 amide bonds. The summed E-state index contributed by atoms with van der Waals surface area (Å²) in [6.07, 6.45) is 1.45. The van der Waals surface area contributed by atoms with Crippen LogP contribution in [-0.4, -0.2) is 19.0 Å². The number of ether oxygens (including phenoxy) is 1. The summed E-state index contributed by atoms with van der Waals surface area (Å²) in [5.74, 6) is 0.203. The van der Waals surface area contributed by atoms with E-state index >= 15 is 0 Å². The maximum atomic E-state index is 11.6. The third-order valence-corrected chi connectivity index (χ3v) is 2.51. The Hall–Kier alpha value is -1.15. The molecule has 0 fully saturated rings. The highest BCUT2D eigenvalue weighted by molar-refractivity contribution is 5.98. The molecule has 0 N–H and O–H groups in total. The van der Waals surface area contributed by atoms with Crippen LogP contribution in [0.5, 0.6) is 0 Å². The molecule has 0 heterocycles. The zero-order chi connectivity index (χ0) is 9.26. The van der Waals surface area contributed by atoms with Gasteiger partial charge in [-0.25, -0.2) is 0 Å². The molecule has 2 heteroatoms. The van der Waals surface area contributed by atoms with Crippen molar-refractivity contribution in [2.24, 2.45) is 0 Å². The highest BCUT2D eigenvalue weighted by Crippen LogP contribution is 2.22. The van der Waals surface area contributed by atoms with E-state index in [1.54, 1.807) is 7.11 Å². The van der Waals surface area contributed by atoms with Crippen molar-refractivity contribution >= 4 is 5.78 Å². The first kappa shape index (κ1) is 8.45. The lowest BCUT2D eigenvalue weighted by atomic mass is 9.89. The van der Waals surface area contributed by atoms with Gasteiger partial charge in [0.1, 0.15) is 0 Å². The van der Waals surface area contributed by atoms with Crippen LogP contribution >= 0.6 is 0 Å². The summed E-state index contributed by atoms with van der Waals surface area (Å²) in [4.78, 5) is 11.6. The van der Waals surface area contributed by atoms with Gasteiger partial charge in [-0.1, -0.05) is 24.3 Å². The van der Waals surface area contributed by atoms with Gasteiger partial charge in [-0.2, -0.15) is 0 Å². The minimum absolute atomic E-state index is 0.0717. The summed E-state index contributed by atoms with van der Waals surface area (Å²) in [7, 11) is 1.66. The van der Waals surface area contributed by atoms with E-state index in [9.17, 15) is 4.79 Å². The van der Waals surface area contributed by atoms with Gasteiger partial charge < -0.3 is 4.74 Å².